The Bertz CT molecular complexity index is 873. The molecule has 0 saturated heterocycles. The number of rotatable bonds is 4. The molecule has 10 heteroatoms. The molecule has 0 bridgehead atoms. The lowest BCUT2D eigenvalue weighted by Crippen LogP contribution is -2.15. The van der Waals surface area contributed by atoms with Crippen molar-refractivity contribution in [1.29, 1.82) is 0 Å². The van der Waals surface area contributed by atoms with Crippen LogP contribution in [0.4, 0.5) is 14.5 Å². The Balaban J connectivity index is 0.00000288. The zero-order valence-electron chi connectivity index (χ0n) is 12.1. The number of methoxy groups -OCH3 is 1. The summed E-state index contributed by atoms with van der Waals surface area (Å²) in [6.45, 7) is 0. The van der Waals surface area contributed by atoms with E-state index in [2.05, 4.69) is 5.32 Å². The lowest BCUT2D eigenvalue weighted by Gasteiger charge is -2.12. The number of ether oxygens (including phenoxy) is 1. The first kappa shape index (κ1) is 19.8. The van der Waals surface area contributed by atoms with E-state index in [9.17, 15) is 22.0 Å². The smallest absolute Gasteiger partial charge is 0.298 e. The van der Waals surface area contributed by atoms with E-state index in [1.165, 1.54) is 12.1 Å². The van der Waals surface area contributed by atoms with Crippen LogP contribution in [0, 0.1) is 11.6 Å². The number of para-hydroxylation sites is 1. The molecule has 130 valence electrons. The number of hydrogen-bond acceptors (Lipinski definition) is 4. The van der Waals surface area contributed by atoms with Gasteiger partial charge in [0.25, 0.3) is 16.0 Å². The number of nitrogens with one attached hydrogen (secondary N) is 1. The highest BCUT2D eigenvalue weighted by atomic mass is 35.5. The Labute approximate surface area is 142 Å². The zero-order valence-corrected chi connectivity index (χ0v) is 13.7. The number of halogens is 3. The maximum absolute atomic E-state index is 13.1. The van der Waals surface area contributed by atoms with Gasteiger partial charge in [0, 0.05) is 11.8 Å². The van der Waals surface area contributed by atoms with E-state index in [-0.39, 0.29) is 29.4 Å². The number of anilines is 1. The molecule has 2 aromatic carbocycles. The molecule has 2 aromatic rings. The molecule has 0 heterocycles. The third-order valence-corrected chi connectivity index (χ3v) is 3.76. The van der Waals surface area contributed by atoms with Crippen LogP contribution in [0.5, 0.6) is 5.75 Å². The molecule has 2 N–H and O–H groups in total. The molecule has 0 spiro atoms. The summed E-state index contributed by atoms with van der Waals surface area (Å²) >= 11 is 0. The summed E-state index contributed by atoms with van der Waals surface area (Å²) in [5.41, 5.74) is -0.236. The minimum absolute atomic E-state index is 0. The van der Waals surface area contributed by atoms with Crippen LogP contribution in [0.25, 0.3) is 0 Å². The van der Waals surface area contributed by atoms with Crippen LogP contribution in [0.2, 0.25) is 0 Å². The van der Waals surface area contributed by atoms with E-state index in [1.54, 1.807) is 0 Å². The largest absolute Gasteiger partial charge is 0.494 e. The second kappa shape index (κ2) is 7.56. The van der Waals surface area contributed by atoms with Crippen molar-refractivity contribution in [3.05, 3.63) is 53.6 Å². The number of carbonyl (C=O) groups is 1. The second-order valence-electron chi connectivity index (χ2n) is 4.40. The fraction of sp³-hybridized carbons (Fsp3) is 0.0714. The second-order valence-corrected chi connectivity index (χ2v) is 5.78. The number of carbonyl (C=O) groups excluding carboxylic acids is 1. The van der Waals surface area contributed by atoms with Crippen LogP contribution in [0.1, 0.15) is 10.4 Å². The summed E-state index contributed by atoms with van der Waals surface area (Å²) in [6.07, 6.45) is 0. The normalized spacial score (nSPS) is 10.7. The Kier molecular flexibility index (Phi) is 6.24. The average molecular weight is 380 g/mol. The lowest BCUT2D eigenvalue weighted by atomic mass is 10.1. The lowest BCUT2D eigenvalue weighted by molar-refractivity contribution is 0.102. The van der Waals surface area contributed by atoms with Gasteiger partial charge in [-0.2, -0.15) is 8.42 Å². The van der Waals surface area contributed by atoms with E-state index >= 15 is 0 Å². The van der Waals surface area contributed by atoms with E-state index in [4.69, 9.17) is 9.29 Å². The molecule has 0 radical (unpaired) electrons. The van der Waals surface area contributed by atoms with Crippen LogP contribution in [0.15, 0.2) is 41.3 Å². The summed E-state index contributed by atoms with van der Waals surface area (Å²) in [6, 6.07) is 6.27. The summed E-state index contributed by atoms with van der Waals surface area (Å²) in [4.78, 5) is 11.6. The summed E-state index contributed by atoms with van der Waals surface area (Å²) in [5, 5.41) is 2.28. The fourth-order valence-corrected chi connectivity index (χ4v) is 2.56. The number of hydrogen-bond donors (Lipinski definition) is 2. The Morgan fingerprint density at radius 2 is 1.83 bits per heavy atom. The van der Waals surface area contributed by atoms with Crippen molar-refractivity contribution in [2.45, 2.75) is 4.90 Å². The highest BCUT2D eigenvalue weighted by Gasteiger charge is 2.22. The first-order valence-electron chi connectivity index (χ1n) is 6.15. The van der Waals surface area contributed by atoms with Gasteiger partial charge >= 0.3 is 0 Å². The third-order valence-electron chi connectivity index (χ3n) is 2.88. The quantitative estimate of drug-likeness (QED) is 0.797. The molecule has 0 aliphatic carbocycles. The topological polar surface area (TPSA) is 92.7 Å². The molecular formula is C14H12ClF2NO5S. The SMILES string of the molecule is COc1c(C(=O)Nc2ccc(F)c(F)c2)cccc1S(=O)(=O)O.Cl. The van der Waals surface area contributed by atoms with Gasteiger partial charge < -0.3 is 10.1 Å². The molecule has 1 amide bonds. The molecule has 6 nitrogen and oxygen atoms in total. The molecule has 0 aromatic heterocycles. The van der Waals surface area contributed by atoms with Gasteiger partial charge in [-0.3, -0.25) is 9.35 Å². The fourth-order valence-electron chi connectivity index (χ4n) is 1.88. The van der Waals surface area contributed by atoms with Crippen molar-refractivity contribution in [2.75, 3.05) is 12.4 Å². The summed E-state index contributed by atoms with van der Waals surface area (Å²) in [5.74, 6) is -3.41. The van der Waals surface area contributed by atoms with Crippen molar-refractivity contribution >= 4 is 34.1 Å². The molecule has 24 heavy (non-hydrogen) atoms. The van der Waals surface area contributed by atoms with Crippen molar-refractivity contribution < 1.29 is 31.3 Å². The number of amides is 1. The van der Waals surface area contributed by atoms with Crippen LogP contribution < -0.4 is 10.1 Å². The first-order chi connectivity index (χ1) is 10.7. The number of benzene rings is 2. The molecule has 0 unspecified atom stereocenters. The van der Waals surface area contributed by atoms with Crippen molar-refractivity contribution in [1.82, 2.24) is 0 Å². The third kappa shape index (κ3) is 4.19. The molecule has 0 aliphatic rings. The Morgan fingerprint density at radius 1 is 1.17 bits per heavy atom. The predicted octanol–water partition coefficient (Wildman–Crippen LogP) is 2.89. The van der Waals surface area contributed by atoms with E-state index < -0.39 is 32.6 Å². The molecule has 0 fully saturated rings. The van der Waals surface area contributed by atoms with Gasteiger partial charge in [0.05, 0.1) is 12.7 Å². The maximum atomic E-state index is 13.1. The molecule has 0 saturated carbocycles. The van der Waals surface area contributed by atoms with Crippen LogP contribution in [0.3, 0.4) is 0 Å². The average Bonchev–Trinajstić information content (AvgIpc) is 2.49. The molecular weight excluding hydrogens is 368 g/mol. The summed E-state index contributed by atoms with van der Waals surface area (Å²) in [7, 11) is -3.48. The Hall–Kier alpha value is -2.23. The maximum Gasteiger partial charge on any atom is 0.298 e. The summed E-state index contributed by atoms with van der Waals surface area (Å²) < 4.78 is 62.6. The van der Waals surface area contributed by atoms with E-state index in [0.717, 1.165) is 31.4 Å². The first-order valence-corrected chi connectivity index (χ1v) is 7.59. The molecule has 2 rings (SSSR count). The molecule has 0 atom stereocenters. The van der Waals surface area contributed by atoms with Gasteiger partial charge in [-0.05, 0) is 24.3 Å². The monoisotopic (exact) mass is 379 g/mol. The van der Waals surface area contributed by atoms with Gasteiger partial charge in [0.2, 0.25) is 0 Å². The van der Waals surface area contributed by atoms with Gasteiger partial charge in [-0.25, -0.2) is 8.78 Å². The minimum atomic E-state index is -4.60. The Morgan fingerprint density at radius 3 is 2.38 bits per heavy atom. The zero-order chi connectivity index (χ0) is 17.2. The van der Waals surface area contributed by atoms with Crippen molar-refractivity contribution in [2.24, 2.45) is 0 Å². The minimum Gasteiger partial charge on any atom is -0.494 e. The van der Waals surface area contributed by atoms with Gasteiger partial charge in [-0.1, -0.05) is 6.07 Å². The predicted molar refractivity (Wildman–Crippen MR) is 84.4 cm³/mol. The van der Waals surface area contributed by atoms with Crippen LogP contribution in [-0.2, 0) is 10.1 Å². The highest BCUT2D eigenvalue weighted by Crippen LogP contribution is 2.28. The van der Waals surface area contributed by atoms with Gasteiger partial charge in [0.1, 0.15) is 4.90 Å². The highest BCUT2D eigenvalue weighted by molar-refractivity contribution is 7.86. The van der Waals surface area contributed by atoms with Crippen LogP contribution >= 0.6 is 12.4 Å². The standard InChI is InChI=1S/C14H11F2NO5S.ClH/c1-22-13-9(3-2-4-12(13)23(19,20)21)14(18)17-8-5-6-10(15)11(16)7-8;/h2-7H,1H3,(H,17,18)(H,19,20,21);1H. The van der Waals surface area contributed by atoms with E-state index in [1.807, 2.05) is 0 Å². The van der Waals surface area contributed by atoms with Crippen molar-refractivity contribution in [3.63, 3.8) is 0 Å². The van der Waals surface area contributed by atoms with Crippen LogP contribution in [-0.4, -0.2) is 26.0 Å². The van der Waals surface area contributed by atoms with E-state index in [0.29, 0.717) is 0 Å². The van der Waals surface area contributed by atoms with Crippen molar-refractivity contribution in [3.8, 4) is 5.75 Å². The van der Waals surface area contributed by atoms with Gasteiger partial charge in [0.15, 0.2) is 17.4 Å². The molecule has 0 aliphatic heterocycles. The van der Waals surface area contributed by atoms with Gasteiger partial charge in [-0.15, -0.1) is 12.4 Å².